The number of aromatic nitrogens is 2. The van der Waals surface area contributed by atoms with Crippen molar-refractivity contribution in [3.05, 3.63) is 59.7 Å². The molecule has 0 saturated heterocycles. The largest absolute Gasteiger partial charge is 0.411 e. The van der Waals surface area contributed by atoms with Gasteiger partial charge in [-0.3, -0.25) is 4.79 Å². The molecule has 0 aliphatic rings. The van der Waals surface area contributed by atoms with Crippen molar-refractivity contribution in [3.63, 3.8) is 0 Å². The number of benzene rings is 2. The first-order valence-corrected chi connectivity index (χ1v) is 8.82. The Morgan fingerprint density at radius 2 is 1.92 bits per heavy atom. The Kier molecular flexibility index (Phi) is 5.34. The van der Waals surface area contributed by atoms with Crippen LogP contribution in [0.25, 0.3) is 11.5 Å². The summed E-state index contributed by atoms with van der Waals surface area (Å²) in [6.45, 7) is 3.74. The smallest absolute Gasteiger partial charge is 0.277 e. The van der Waals surface area contributed by atoms with Gasteiger partial charge in [-0.05, 0) is 38.1 Å². The molecule has 130 valence electrons. The second-order valence-corrected chi connectivity index (χ2v) is 6.94. The van der Waals surface area contributed by atoms with Gasteiger partial charge in [0.05, 0.1) is 16.5 Å². The van der Waals surface area contributed by atoms with Gasteiger partial charge >= 0.3 is 0 Å². The van der Waals surface area contributed by atoms with E-state index in [4.69, 9.17) is 9.68 Å². The molecule has 1 heterocycles. The third kappa shape index (κ3) is 4.10. The average Bonchev–Trinajstić information content (AvgIpc) is 3.11. The van der Waals surface area contributed by atoms with Crippen molar-refractivity contribution in [1.29, 1.82) is 5.26 Å². The van der Waals surface area contributed by atoms with E-state index in [1.54, 1.807) is 31.2 Å². The van der Waals surface area contributed by atoms with Crippen molar-refractivity contribution < 1.29 is 9.21 Å². The van der Waals surface area contributed by atoms with Crippen molar-refractivity contribution in [2.75, 3.05) is 5.32 Å². The van der Waals surface area contributed by atoms with Gasteiger partial charge in [0.25, 0.3) is 5.22 Å². The molecule has 2 aromatic carbocycles. The predicted molar refractivity (Wildman–Crippen MR) is 99.6 cm³/mol. The Morgan fingerprint density at radius 1 is 1.19 bits per heavy atom. The first-order valence-electron chi connectivity index (χ1n) is 7.94. The predicted octanol–water partition coefficient (Wildman–Crippen LogP) is 4.04. The number of hydrogen-bond donors (Lipinski definition) is 1. The minimum Gasteiger partial charge on any atom is -0.411 e. The van der Waals surface area contributed by atoms with Gasteiger partial charge < -0.3 is 9.73 Å². The van der Waals surface area contributed by atoms with Gasteiger partial charge in [-0.2, -0.15) is 5.26 Å². The molecule has 0 radical (unpaired) electrons. The Hall–Kier alpha value is -3.11. The van der Waals surface area contributed by atoms with E-state index in [1.165, 1.54) is 11.8 Å². The van der Waals surface area contributed by atoms with E-state index >= 15 is 0 Å². The molecular weight excluding hydrogens is 348 g/mol. The minimum absolute atomic E-state index is 0.243. The molecular formula is C19H16N4O2S. The summed E-state index contributed by atoms with van der Waals surface area (Å²) in [6, 6.07) is 16.7. The highest BCUT2D eigenvalue weighted by molar-refractivity contribution is 8.00. The zero-order valence-electron chi connectivity index (χ0n) is 14.3. The Balaban J connectivity index is 1.66. The molecule has 1 amide bonds. The van der Waals surface area contributed by atoms with E-state index < -0.39 is 5.25 Å². The van der Waals surface area contributed by atoms with Crippen LogP contribution in [0.5, 0.6) is 0 Å². The summed E-state index contributed by atoms with van der Waals surface area (Å²) in [5, 5.41) is 19.7. The molecule has 3 aromatic rings. The summed E-state index contributed by atoms with van der Waals surface area (Å²) < 4.78 is 5.63. The molecule has 0 bridgehead atoms. The van der Waals surface area contributed by atoms with Crippen LogP contribution < -0.4 is 5.32 Å². The van der Waals surface area contributed by atoms with Gasteiger partial charge in [-0.25, -0.2) is 0 Å². The molecule has 1 aromatic heterocycles. The number of carbonyl (C=O) groups is 1. The third-order valence-corrected chi connectivity index (χ3v) is 4.59. The number of carbonyl (C=O) groups excluding carboxylic acids is 1. The van der Waals surface area contributed by atoms with Gasteiger partial charge in [0.15, 0.2) is 0 Å². The molecule has 6 nitrogen and oxygen atoms in total. The zero-order valence-corrected chi connectivity index (χ0v) is 15.1. The Morgan fingerprint density at radius 3 is 2.65 bits per heavy atom. The zero-order chi connectivity index (χ0) is 18.5. The number of aryl methyl sites for hydroxylation is 1. The van der Waals surface area contributed by atoms with Crippen molar-refractivity contribution in [2.45, 2.75) is 24.3 Å². The van der Waals surface area contributed by atoms with Crippen LogP contribution >= 0.6 is 11.8 Å². The number of thioether (sulfide) groups is 1. The third-order valence-electron chi connectivity index (χ3n) is 3.66. The highest BCUT2D eigenvalue weighted by Crippen LogP contribution is 2.27. The maximum Gasteiger partial charge on any atom is 0.277 e. The molecule has 0 aliphatic carbocycles. The lowest BCUT2D eigenvalue weighted by molar-refractivity contribution is -0.115. The summed E-state index contributed by atoms with van der Waals surface area (Å²) in [4.78, 5) is 12.4. The summed E-state index contributed by atoms with van der Waals surface area (Å²) >= 11 is 1.17. The van der Waals surface area contributed by atoms with Gasteiger partial charge in [0.1, 0.15) is 6.07 Å². The van der Waals surface area contributed by atoms with Crippen LogP contribution in [0.2, 0.25) is 0 Å². The van der Waals surface area contributed by atoms with Crippen molar-refractivity contribution in [1.82, 2.24) is 10.2 Å². The molecule has 0 unspecified atom stereocenters. The number of nitrogens with one attached hydrogen (secondary N) is 1. The average molecular weight is 364 g/mol. The van der Waals surface area contributed by atoms with Gasteiger partial charge in [0, 0.05) is 5.56 Å². The van der Waals surface area contributed by atoms with Crippen LogP contribution in [0, 0.1) is 18.3 Å². The lowest BCUT2D eigenvalue weighted by Crippen LogP contribution is -2.22. The number of anilines is 1. The molecule has 0 saturated carbocycles. The molecule has 0 aliphatic heterocycles. The molecule has 1 atom stereocenters. The topological polar surface area (TPSA) is 91.8 Å². The normalized spacial score (nSPS) is 11.6. The number of nitrogens with zero attached hydrogens (tertiary/aromatic N) is 3. The van der Waals surface area contributed by atoms with E-state index in [9.17, 15) is 4.79 Å². The van der Waals surface area contributed by atoms with E-state index in [0.717, 1.165) is 11.1 Å². The first-order chi connectivity index (χ1) is 12.6. The highest BCUT2D eigenvalue weighted by atomic mass is 32.2. The van der Waals surface area contributed by atoms with Crippen molar-refractivity contribution >= 4 is 23.4 Å². The lowest BCUT2D eigenvalue weighted by atomic mass is 10.1. The van der Waals surface area contributed by atoms with Gasteiger partial charge in [-0.15, -0.1) is 10.2 Å². The molecule has 1 N–H and O–H groups in total. The fourth-order valence-corrected chi connectivity index (χ4v) is 2.88. The number of nitriles is 1. The van der Waals surface area contributed by atoms with E-state index in [0.29, 0.717) is 22.4 Å². The number of para-hydroxylation sites is 1. The fourth-order valence-electron chi connectivity index (χ4n) is 2.20. The van der Waals surface area contributed by atoms with E-state index in [1.807, 2.05) is 31.2 Å². The van der Waals surface area contributed by atoms with Gasteiger partial charge in [-0.1, -0.05) is 41.6 Å². The molecule has 3 rings (SSSR count). The van der Waals surface area contributed by atoms with E-state index in [-0.39, 0.29) is 5.91 Å². The minimum atomic E-state index is -0.465. The molecule has 26 heavy (non-hydrogen) atoms. The molecule has 7 heteroatoms. The van der Waals surface area contributed by atoms with Crippen LogP contribution in [-0.2, 0) is 4.79 Å². The maximum atomic E-state index is 12.4. The summed E-state index contributed by atoms with van der Waals surface area (Å²) in [6.07, 6.45) is 0. The summed E-state index contributed by atoms with van der Waals surface area (Å²) in [5.74, 6) is 0.169. The van der Waals surface area contributed by atoms with Crippen LogP contribution in [0.1, 0.15) is 18.1 Å². The van der Waals surface area contributed by atoms with Crippen LogP contribution in [-0.4, -0.2) is 21.4 Å². The van der Waals surface area contributed by atoms with Crippen LogP contribution in [0.3, 0.4) is 0 Å². The molecule has 0 spiro atoms. The summed E-state index contributed by atoms with van der Waals surface area (Å²) in [7, 11) is 0. The summed E-state index contributed by atoms with van der Waals surface area (Å²) in [5.41, 5.74) is 2.87. The second kappa shape index (κ2) is 7.85. The Labute approximate surface area is 155 Å². The van der Waals surface area contributed by atoms with Crippen molar-refractivity contribution in [2.24, 2.45) is 0 Å². The van der Waals surface area contributed by atoms with Crippen LogP contribution in [0.4, 0.5) is 5.69 Å². The second-order valence-electron chi connectivity index (χ2n) is 5.65. The SMILES string of the molecule is Cc1ccc(-c2nnc(S[C@@H](C)C(=O)Nc3ccccc3C#N)o2)cc1. The fraction of sp³-hybridized carbons (Fsp3) is 0.158. The lowest BCUT2D eigenvalue weighted by Gasteiger charge is -2.10. The number of hydrogen-bond acceptors (Lipinski definition) is 6. The highest BCUT2D eigenvalue weighted by Gasteiger charge is 2.19. The standard InChI is InChI=1S/C19H16N4O2S/c1-12-7-9-14(10-8-12)18-22-23-19(25-18)26-13(2)17(24)21-16-6-4-3-5-15(16)11-20/h3-10,13H,1-2H3,(H,21,24)/t13-/m0/s1. The first kappa shape index (κ1) is 17.7. The van der Waals surface area contributed by atoms with Crippen molar-refractivity contribution in [3.8, 4) is 17.5 Å². The maximum absolute atomic E-state index is 12.4. The van der Waals surface area contributed by atoms with Crippen LogP contribution in [0.15, 0.2) is 58.2 Å². The Bertz CT molecular complexity index is 960. The monoisotopic (exact) mass is 364 g/mol. The quantitative estimate of drug-likeness (QED) is 0.687. The van der Waals surface area contributed by atoms with E-state index in [2.05, 4.69) is 21.6 Å². The number of rotatable bonds is 5. The number of amides is 1. The van der Waals surface area contributed by atoms with Gasteiger partial charge in [0.2, 0.25) is 11.8 Å². The molecule has 0 fully saturated rings.